The van der Waals surface area contributed by atoms with Gasteiger partial charge in [-0.3, -0.25) is 9.48 Å². The van der Waals surface area contributed by atoms with E-state index in [0.29, 0.717) is 18.0 Å². The average Bonchev–Trinajstić information content (AvgIpc) is 2.53. The molecule has 1 aromatic rings. The van der Waals surface area contributed by atoms with Crippen molar-refractivity contribution in [2.24, 2.45) is 13.0 Å². The molecule has 0 aliphatic carbocycles. The number of rotatable bonds is 5. The van der Waals surface area contributed by atoms with Crippen LogP contribution in [0.5, 0.6) is 0 Å². The smallest absolute Gasteiger partial charge is 0.255 e. The first kappa shape index (κ1) is 14.7. The van der Waals surface area contributed by atoms with Crippen molar-refractivity contribution in [1.29, 1.82) is 0 Å². The van der Waals surface area contributed by atoms with Gasteiger partial charge in [0, 0.05) is 26.4 Å². The highest BCUT2D eigenvalue weighted by Crippen LogP contribution is 2.12. The summed E-state index contributed by atoms with van der Waals surface area (Å²) < 4.78 is 7.05. The van der Waals surface area contributed by atoms with Crippen molar-refractivity contribution in [3.8, 4) is 0 Å². The highest BCUT2D eigenvalue weighted by molar-refractivity contribution is 5.96. The SMILES string of the molecule is COC(CNC(=O)c1c(C)nn(C)c1C)C(C)C. The molecular weight excluding hydrogens is 230 g/mol. The Balaban J connectivity index is 2.71. The van der Waals surface area contributed by atoms with Gasteiger partial charge in [0.1, 0.15) is 0 Å². The number of hydrogen-bond acceptors (Lipinski definition) is 3. The normalized spacial score (nSPS) is 12.8. The Kier molecular flexibility index (Phi) is 4.90. The van der Waals surface area contributed by atoms with Gasteiger partial charge in [-0.1, -0.05) is 13.8 Å². The number of nitrogens with one attached hydrogen (secondary N) is 1. The van der Waals surface area contributed by atoms with Crippen LogP contribution in [-0.4, -0.2) is 35.4 Å². The van der Waals surface area contributed by atoms with Crippen LogP contribution in [0.4, 0.5) is 0 Å². The third kappa shape index (κ3) is 3.10. The number of methoxy groups -OCH3 is 1. The van der Waals surface area contributed by atoms with E-state index < -0.39 is 0 Å². The van der Waals surface area contributed by atoms with Crippen molar-refractivity contribution in [3.63, 3.8) is 0 Å². The monoisotopic (exact) mass is 253 g/mol. The number of ether oxygens (including phenoxy) is 1. The minimum Gasteiger partial charge on any atom is -0.379 e. The quantitative estimate of drug-likeness (QED) is 0.864. The number of aromatic nitrogens is 2. The standard InChI is InChI=1S/C13H23N3O2/c1-8(2)11(18-6)7-14-13(17)12-9(3)15-16(5)10(12)4/h8,11H,7H2,1-6H3,(H,14,17). The van der Waals surface area contributed by atoms with Crippen LogP contribution >= 0.6 is 0 Å². The van der Waals surface area contributed by atoms with Crippen LogP contribution in [0.25, 0.3) is 0 Å². The van der Waals surface area contributed by atoms with E-state index in [1.54, 1.807) is 11.8 Å². The zero-order chi connectivity index (χ0) is 13.9. The number of aryl methyl sites for hydroxylation is 2. The van der Waals surface area contributed by atoms with Crippen LogP contribution < -0.4 is 5.32 Å². The molecule has 1 aromatic heterocycles. The number of carbonyl (C=O) groups excluding carboxylic acids is 1. The van der Waals surface area contributed by atoms with Crippen LogP contribution in [0.2, 0.25) is 0 Å². The maximum absolute atomic E-state index is 12.1. The lowest BCUT2D eigenvalue weighted by Crippen LogP contribution is -2.36. The molecule has 0 radical (unpaired) electrons. The minimum atomic E-state index is -0.0826. The number of amides is 1. The molecule has 0 saturated carbocycles. The van der Waals surface area contributed by atoms with E-state index in [4.69, 9.17) is 4.74 Å². The molecular formula is C13H23N3O2. The molecule has 0 spiro atoms. The van der Waals surface area contributed by atoms with Crippen molar-refractivity contribution in [2.45, 2.75) is 33.8 Å². The number of carbonyl (C=O) groups is 1. The molecule has 18 heavy (non-hydrogen) atoms. The lowest BCUT2D eigenvalue weighted by Gasteiger charge is -2.19. The first-order valence-electron chi connectivity index (χ1n) is 6.19. The molecule has 0 bridgehead atoms. The second-order valence-corrected chi connectivity index (χ2v) is 4.90. The summed E-state index contributed by atoms with van der Waals surface area (Å²) in [5.74, 6) is 0.284. The predicted octanol–water partition coefficient (Wildman–Crippen LogP) is 1.44. The number of nitrogens with zero attached hydrogens (tertiary/aromatic N) is 2. The molecule has 1 amide bonds. The third-order valence-electron chi connectivity index (χ3n) is 3.25. The van der Waals surface area contributed by atoms with E-state index in [9.17, 15) is 4.79 Å². The molecule has 0 saturated heterocycles. The summed E-state index contributed by atoms with van der Waals surface area (Å²) in [5.41, 5.74) is 2.30. The maximum Gasteiger partial charge on any atom is 0.255 e. The summed E-state index contributed by atoms with van der Waals surface area (Å²) in [5, 5.41) is 7.15. The first-order chi connectivity index (χ1) is 8.38. The molecule has 1 rings (SSSR count). The molecule has 1 N–H and O–H groups in total. The van der Waals surface area contributed by atoms with E-state index in [0.717, 1.165) is 11.4 Å². The fourth-order valence-electron chi connectivity index (χ4n) is 1.98. The maximum atomic E-state index is 12.1. The van der Waals surface area contributed by atoms with Crippen LogP contribution in [-0.2, 0) is 11.8 Å². The van der Waals surface area contributed by atoms with Crippen LogP contribution in [0.3, 0.4) is 0 Å². The zero-order valence-corrected chi connectivity index (χ0v) is 12.1. The van der Waals surface area contributed by atoms with Crippen LogP contribution in [0.1, 0.15) is 35.6 Å². The van der Waals surface area contributed by atoms with Crippen molar-refractivity contribution in [1.82, 2.24) is 15.1 Å². The molecule has 102 valence electrons. The fourth-order valence-corrected chi connectivity index (χ4v) is 1.98. The number of hydrogen-bond donors (Lipinski definition) is 1. The minimum absolute atomic E-state index is 0.0335. The molecule has 0 fully saturated rings. The molecule has 1 heterocycles. The predicted molar refractivity (Wildman–Crippen MR) is 70.7 cm³/mol. The van der Waals surface area contributed by atoms with E-state index >= 15 is 0 Å². The molecule has 1 atom stereocenters. The molecule has 1 unspecified atom stereocenters. The summed E-state index contributed by atoms with van der Waals surface area (Å²) in [7, 11) is 3.50. The first-order valence-corrected chi connectivity index (χ1v) is 6.19. The summed E-state index contributed by atoms with van der Waals surface area (Å²) in [6, 6.07) is 0. The van der Waals surface area contributed by atoms with Gasteiger partial charge in [0.2, 0.25) is 0 Å². The van der Waals surface area contributed by atoms with E-state index in [1.807, 2.05) is 20.9 Å². The largest absolute Gasteiger partial charge is 0.379 e. The van der Waals surface area contributed by atoms with Crippen molar-refractivity contribution < 1.29 is 9.53 Å². The highest BCUT2D eigenvalue weighted by Gasteiger charge is 2.19. The molecule has 0 aliphatic rings. The summed E-state index contributed by atoms with van der Waals surface area (Å²) in [4.78, 5) is 12.1. The van der Waals surface area contributed by atoms with Crippen LogP contribution in [0, 0.1) is 19.8 Å². The summed E-state index contributed by atoms with van der Waals surface area (Å²) >= 11 is 0. The lowest BCUT2D eigenvalue weighted by molar-refractivity contribution is 0.0604. The summed E-state index contributed by atoms with van der Waals surface area (Å²) in [6.45, 7) is 8.39. The molecule has 0 aromatic carbocycles. The topological polar surface area (TPSA) is 56.1 Å². The highest BCUT2D eigenvalue weighted by atomic mass is 16.5. The lowest BCUT2D eigenvalue weighted by atomic mass is 10.1. The van der Waals surface area contributed by atoms with Gasteiger partial charge in [0.25, 0.3) is 5.91 Å². The van der Waals surface area contributed by atoms with E-state index in [2.05, 4.69) is 24.3 Å². The Morgan fingerprint density at radius 3 is 2.44 bits per heavy atom. The molecule has 0 aliphatic heterocycles. The van der Waals surface area contributed by atoms with Gasteiger partial charge < -0.3 is 10.1 Å². The van der Waals surface area contributed by atoms with Crippen LogP contribution in [0.15, 0.2) is 0 Å². The van der Waals surface area contributed by atoms with Crippen molar-refractivity contribution in [3.05, 3.63) is 17.0 Å². The third-order valence-corrected chi connectivity index (χ3v) is 3.25. The summed E-state index contributed by atoms with van der Waals surface area (Å²) in [6.07, 6.45) is 0.0335. The van der Waals surface area contributed by atoms with Crippen molar-refractivity contribution in [2.75, 3.05) is 13.7 Å². The van der Waals surface area contributed by atoms with Gasteiger partial charge in [-0.15, -0.1) is 0 Å². The average molecular weight is 253 g/mol. The second kappa shape index (κ2) is 6.00. The Bertz CT molecular complexity index is 424. The van der Waals surface area contributed by atoms with Gasteiger partial charge in [-0.2, -0.15) is 5.10 Å². The molecule has 5 heteroatoms. The fraction of sp³-hybridized carbons (Fsp3) is 0.692. The van der Waals surface area contributed by atoms with E-state index in [1.165, 1.54) is 0 Å². The van der Waals surface area contributed by atoms with Gasteiger partial charge in [0.15, 0.2) is 0 Å². The molecule has 5 nitrogen and oxygen atoms in total. The Labute approximate surface area is 109 Å². The Hall–Kier alpha value is -1.36. The Morgan fingerprint density at radius 2 is 2.06 bits per heavy atom. The van der Waals surface area contributed by atoms with Gasteiger partial charge in [-0.25, -0.2) is 0 Å². The second-order valence-electron chi connectivity index (χ2n) is 4.90. The zero-order valence-electron chi connectivity index (χ0n) is 12.1. The van der Waals surface area contributed by atoms with Crippen molar-refractivity contribution >= 4 is 5.91 Å². The van der Waals surface area contributed by atoms with E-state index in [-0.39, 0.29) is 12.0 Å². The van der Waals surface area contributed by atoms with Gasteiger partial charge >= 0.3 is 0 Å². The van der Waals surface area contributed by atoms with Gasteiger partial charge in [-0.05, 0) is 19.8 Å². The Morgan fingerprint density at radius 1 is 1.44 bits per heavy atom. The van der Waals surface area contributed by atoms with Gasteiger partial charge in [0.05, 0.1) is 17.4 Å².